The molecule has 2 atom stereocenters. The number of nitrogens with two attached hydrogens (primary N) is 1. The van der Waals surface area contributed by atoms with Crippen LogP contribution in [0.3, 0.4) is 0 Å². The molecule has 9 heteroatoms. The van der Waals surface area contributed by atoms with Gasteiger partial charge >= 0.3 is 0 Å². The number of anilines is 2. The Bertz CT molecular complexity index is 1420. The van der Waals surface area contributed by atoms with Gasteiger partial charge in [-0.1, -0.05) is 48.9 Å². The summed E-state index contributed by atoms with van der Waals surface area (Å²) in [4.78, 5) is 29.0. The smallest absolute Gasteiger partial charge is 0.274 e. The molecule has 0 saturated carbocycles. The van der Waals surface area contributed by atoms with Crippen molar-refractivity contribution in [2.24, 2.45) is 5.92 Å². The molecule has 0 fully saturated rings. The van der Waals surface area contributed by atoms with Crippen LogP contribution in [0.4, 0.5) is 11.6 Å². The van der Waals surface area contributed by atoms with E-state index in [1.807, 2.05) is 55.6 Å². The maximum absolute atomic E-state index is 12.6. The number of halogens is 1. The van der Waals surface area contributed by atoms with Gasteiger partial charge in [0.1, 0.15) is 5.69 Å². The van der Waals surface area contributed by atoms with Gasteiger partial charge in [-0.15, -0.1) is 0 Å². The van der Waals surface area contributed by atoms with Gasteiger partial charge in [0.2, 0.25) is 5.95 Å². The van der Waals surface area contributed by atoms with E-state index in [-0.39, 0.29) is 17.9 Å². The molecule has 0 spiro atoms. The third kappa shape index (κ3) is 4.23. The quantitative estimate of drug-likeness (QED) is 0.338. The van der Waals surface area contributed by atoms with Crippen molar-refractivity contribution in [3.63, 3.8) is 0 Å². The molecule has 2 unspecified atom stereocenters. The van der Waals surface area contributed by atoms with Gasteiger partial charge in [0.15, 0.2) is 0 Å². The Kier molecular flexibility index (Phi) is 5.73. The zero-order valence-corrected chi connectivity index (χ0v) is 19.0. The molecule has 0 bridgehead atoms. The number of hydrogen-bond acceptors (Lipinski definition) is 6. The fraction of sp³-hybridized carbons (Fsp3) is 0.120. The van der Waals surface area contributed by atoms with Crippen molar-refractivity contribution in [2.45, 2.75) is 13.0 Å². The molecule has 4 aromatic rings. The van der Waals surface area contributed by atoms with Crippen molar-refractivity contribution in [1.29, 1.82) is 0 Å². The molecule has 5 rings (SSSR count). The fourth-order valence-corrected chi connectivity index (χ4v) is 4.09. The Hall–Kier alpha value is -4.17. The number of carbonyl (C=O) groups excluding carboxylic acids is 1. The number of nitrogens with zero attached hydrogens (tertiary/aromatic N) is 3. The van der Waals surface area contributed by atoms with Crippen LogP contribution in [0.25, 0.3) is 22.2 Å². The number of fused-ring (bicyclic) bond motifs is 1. The summed E-state index contributed by atoms with van der Waals surface area (Å²) < 4.78 is 0. The van der Waals surface area contributed by atoms with Crippen molar-refractivity contribution >= 4 is 40.0 Å². The molecule has 0 radical (unpaired) electrons. The first-order valence-corrected chi connectivity index (χ1v) is 11.1. The van der Waals surface area contributed by atoms with E-state index in [1.54, 1.807) is 18.3 Å². The van der Waals surface area contributed by atoms with E-state index in [0.717, 1.165) is 22.2 Å². The number of pyridine rings is 1. The lowest BCUT2D eigenvalue weighted by Crippen LogP contribution is -2.36. The lowest BCUT2D eigenvalue weighted by molar-refractivity contribution is 0.0956. The number of rotatable bonds is 5. The van der Waals surface area contributed by atoms with E-state index in [1.165, 1.54) is 6.20 Å². The molecule has 1 amide bonds. The average Bonchev–Trinajstić information content (AvgIpc) is 3.27. The van der Waals surface area contributed by atoms with E-state index in [9.17, 15) is 4.79 Å². The Labute approximate surface area is 201 Å². The number of para-hydroxylation sites is 1. The van der Waals surface area contributed by atoms with E-state index >= 15 is 0 Å². The Morgan fingerprint density at radius 1 is 1.15 bits per heavy atom. The number of hydrogen-bond donors (Lipinski definition) is 4. The summed E-state index contributed by atoms with van der Waals surface area (Å²) in [6.45, 7) is 2.01. The first-order chi connectivity index (χ1) is 16.5. The summed E-state index contributed by atoms with van der Waals surface area (Å²) in [5.74, 6) is 0.0917. The van der Waals surface area contributed by atoms with Crippen LogP contribution in [0.5, 0.6) is 0 Å². The van der Waals surface area contributed by atoms with Gasteiger partial charge in [-0.3, -0.25) is 4.79 Å². The van der Waals surface area contributed by atoms with Crippen LogP contribution in [-0.4, -0.2) is 31.9 Å². The predicted molar refractivity (Wildman–Crippen MR) is 134 cm³/mol. The summed E-state index contributed by atoms with van der Waals surface area (Å²) in [7, 11) is 0. The number of carbonyl (C=O) groups is 1. The maximum atomic E-state index is 12.6. The van der Waals surface area contributed by atoms with Crippen LogP contribution >= 0.6 is 11.6 Å². The van der Waals surface area contributed by atoms with Gasteiger partial charge in [-0.25, -0.2) is 15.0 Å². The minimum absolute atomic E-state index is 0.0569. The van der Waals surface area contributed by atoms with Crippen molar-refractivity contribution < 1.29 is 4.79 Å². The second kappa shape index (κ2) is 8.99. The zero-order chi connectivity index (χ0) is 23.7. The Balaban J connectivity index is 1.34. The minimum Gasteiger partial charge on any atom is -0.397 e. The molecular formula is C25H22ClN7O. The number of nitrogens with one attached hydrogen (secondary N) is 3. The molecule has 1 aliphatic carbocycles. The van der Waals surface area contributed by atoms with Crippen molar-refractivity contribution in [3.05, 3.63) is 89.6 Å². The molecule has 0 saturated heterocycles. The summed E-state index contributed by atoms with van der Waals surface area (Å²) in [5.41, 5.74) is 9.77. The standard InChI is InChI=1S/C25H22ClN7O/c1-14-19(31-24(34)22-10-9-15(27)11-28-22)7-4-8-20(14)32-25-30-13-18(26)23(33-25)17-12-29-21-6-3-2-5-16(17)21/h2-14,20,29H,27H2,1H3,(H,31,34)(H,30,32,33). The lowest BCUT2D eigenvalue weighted by atomic mass is 9.93. The van der Waals surface area contributed by atoms with E-state index in [0.29, 0.717) is 28.0 Å². The van der Waals surface area contributed by atoms with Gasteiger partial charge in [0, 0.05) is 34.3 Å². The van der Waals surface area contributed by atoms with Crippen LogP contribution in [0.1, 0.15) is 17.4 Å². The highest BCUT2D eigenvalue weighted by Gasteiger charge is 2.24. The number of benzene rings is 1. The molecule has 34 heavy (non-hydrogen) atoms. The van der Waals surface area contributed by atoms with Crippen LogP contribution in [0.2, 0.25) is 5.02 Å². The number of H-pyrrole nitrogens is 1. The van der Waals surface area contributed by atoms with Crippen LogP contribution < -0.4 is 16.4 Å². The van der Waals surface area contributed by atoms with E-state index in [4.69, 9.17) is 22.3 Å². The lowest BCUT2D eigenvalue weighted by Gasteiger charge is -2.27. The first kappa shape index (κ1) is 21.7. The van der Waals surface area contributed by atoms with Crippen molar-refractivity contribution in [2.75, 3.05) is 11.1 Å². The number of aromatic amines is 1. The Morgan fingerprint density at radius 2 is 2.00 bits per heavy atom. The van der Waals surface area contributed by atoms with Gasteiger partial charge in [-0.2, -0.15) is 0 Å². The van der Waals surface area contributed by atoms with Gasteiger partial charge < -0.3 is 21.4 Å². The average molecular weight is 472 g/mol. The highest BCUT2D eigenvalue weighted by molar-refractivity contribution is 6.33. The van der Waals surface area contributed by atoms with Gasteiger partial charge in [0.05, 0.1) is 34.8 Å². The number of nitrogen functional groups attached to an aromatic ring is 1. The molecule has 1 aliphatic rings. The predicted octanol–water partition coefficient (Wildman–Crippen LogP) is 4.56. The highest BCUT2D eigenvalue weighted by atomic mass is 35.5. The van der Waals surface area contributed by atoms with Gasteiger partial charge in [0.25, 0.3) is 5.91 Å². The molecule has 3 heterocycles. The molecule has 0 aliphatic heterocycles. The largest absolute Gasteiger partial charge is 0.397 e. The minimum atomic E-state index is -0.295. The second-order valence-corrected chi connectivity index (χ2v) is 8.44. The topological polar surface area (TPSA) is 122 Å². The Morgan fingerprint density at radius 3 is 2.82 bits per heavy atom. The second-order valence-electron chi connectivity index (χ2n) is 8.03. The summed E-state index contributed by atoms with van der Waals surface area (Å²) in [6.07, 6.45) is 10.7. The summed E-state index contributed by atoms with van der Waals surface area (Å²) in [6, 6.07) is 11.1. The molecule has 170 valence electrons. The highest BCUT2D eigenvalue weighted by Crippen LogP contribution is 2.32. The molecule has 1 aromatic carbocycles. The molecular weight excluding hydrogens is 450 g/mol. The van der Waals surface area contributed by atoms with Crippen LogP contribution in [-0.2, 0) is 0 Å². The van der Waals surface area contributed by atoms with Crippen LogP contribution in [0, 0.1) is 5.92 Å². The number of amides is 1. The zero-order valence-electron chi connectivity index (χ0n) is 18.3. The number of allylic oxidation sites excluding steroid dienone is 2. The van der Waals surface area contributed by atoms with Crippen LogP contribution in [0.15, 0.2) is 78.9 Å². The molecule has 3 aromatic heterocycles. The third-order valence-electron chi connectivity index (χ3n) is 5.78. The van der Waals surface area contributed by atoms with Crippen molar-refractivity contribution in [3.8, 4) is 11.3 Å². The SMILES string of the molecule is CC1C(NC(=O)c2ccc(N)cn2)=CC=CC1Nc1ncc(Cl)c(-c2c[nH]c3ccccc23)n1. The van der Waals surface area contributed by atoms with Gasteiger partial charge in [-0.05, 0) is 24.3 Å². The molecule has 5 N–H and O–H groups in total. The van der Waals surface area contributed by atoms with E-state index in [2.05, 4.69) is 25.6 Å². The normalized spacial score (nSPS) is 17.4. The summed E-state index contributed by atoms with van der Waals surface area (Å²) in [5, 5.41) is 7.80. The summed E-state index contributed by atoms with van der Waals surface area (Å²) >= 11 is 6.46. The fourth-order valence-electron chi connectivity index (χ4n) is 3.90. The first-order valence-electron chi connectivity index (χ1n) is 10.8. The van der Waals surface area contributed by atoms with Crippen molar-refractivity contribution in [1.82, 2.24) is 25.3 Å². The maximum Gasteiger partial charge on any atom is 0.274 e. The monoisotopic (exact) mass is 471 g/mol. The third-order valence-corrected chi connectivity index (χ3v) is 6.06. The number of aromatic nitrogens is 4. The van der Waals surface area contributed by atoms with E-state index < -0.39 is 0 Å². The molecule has 8 nitrogen and oxygen atoms in total.